The van der Waals surface area contributed by atoms with Crippen molar-refractivity contribution < 1.29 is 18.7 Å². The van der Waals surface area contributed by atoms with Crippen molar-refractivity contribution in [3.8, 4) is 0 Å². The van der Waals surface area contributed by atoms with Gasteiger partial charge in [0.05, 0.1) is 12.5 Å². The molecule has 0 bridgehead atoms. The molecule has 1 fully saturated rings. The van der Waals surface area contributed by atoms with Gasteiger partial charge in [-0.05, 0) is 24.1 Å². The first-order chi connectivity index (χ1) is 11.0. The maximum atomic E-state index is 13.1. The highest BCUT2D eigenvalue weighted by atomic mass is 35.5. The minimum atomic E-state index is -0.413. The summed E-state index contributed by atoms with van der Waals surface area (Å²) in [6, 6.07) is 4.13. The van der Waals surface area contributed by atoms with E-state index >= 15 is 0 Å². The Hall–Kier alpha value is -1.66. The Morgan fingerprint density at radius 1 is 1.52 bits per heavy atom. The second-order valence-corrected chi connectivity index (χ2v) is 5.94. The number of hydrogen-bond acceptors (Lipinski definition) is 3. The number of nitrogens with zero attached hydrogens (tertiary/aromatic N) is 1. The SMILES string of the molecule is COCCN(Cc1ccc(F)cc1Cl)C(=O)C1CCC(=O)NC1. The van der Waals surface area contributed by atoms with Crippen LogP contribution in [0.15, 0.2) is 18.2 Å². The highest BCUT2D eigenvalue weighted by molar-refractivity contribution is 6.31. The molecule has 1 aromatic rings. The first-order valence-corrected chi connectivity index (χ1v) is 7.87. The lowest BCUT2D eigenvalue weighted by molar-refractivity contribution is -0.138. The van der Waals surface area contributed by atoms with Crippen molar-refractivity contribution in [3.63, 3.8) is 0 Å². The van der Waals surface area contributed by atoms with Crippen LogP contribution in [0.5, 0.6) is 0 Å². The van der Waals surface area contributed by atoms with Crippen molar-refractivity contribution in [1.82, 2.24) is 10.2 Å². The summed E-state index contributed by atoms with van der Waals surface area (Å²) in [7, 11) is 1.56. The van der Waals surface area contributed by atoms with Crippen LogP contribution in [0, 0.1) is 11.7 Å². The Labute approximate surface area is 139 Å². The normalized spacial score (nSPS) is 17.7. The monoisotopic (exact) mass is 342 g/mol. The van der Waals surface area contributed by atoms with Gasteiger partial charge in [-0.2, -0.15) is 0 Å². The zero-order valence-corrected chi connectivity index (χ0v) is 13.7. The predicted molar refractivity (Wildman–Crippen MR) is 84.4 cm³/mol. The van der Waals surface area contributed by atoms with Crippen molar-refractivity contribution >= 4 is 23.4 Å². The molecule has 0 aromatic heterocycles. The van der Waals surface area contributed by atoms with E-state index in [4.69, 9.17) is 16.3 Å². The van der Waals surface area contributed by atoms with Gasteiger partial charge in [-0.15, -0.1) is 0 Å². The van der Waals surface area contributed by atoms with E-state index in [1.807, 2.05) is 0 Å². The van der Waals surface area contributed by atoms with Gasteiger partial charge in [-0.25, -0.2) is 4.39 Å². The van der Waals surface area contributed by atoms with Crippen LogP contribution in [0.1, 0.15) is 18.4 Å². The minimum absolute atomic E-state index is 0.0286. The maximum Gasteiger partial charge on any atom is 0.227 e. The zero-order chi connectivity index (χ0) is 16.8. The molecule has 1 aliphatic heterocycles. The van der Waals surface area contributed by atoms with E-state index in [0.29, 0.717) is 38.1 Å². The third-order valence-electron chi connectivity index (χ3n) is 3.87. The predicted octanol–water partition coefficient (Wildman–Crippen LogP) is 1.98. The molecule has 1 unspecified atom stereocenters. The van der Waals surface area contributed by atoms with Crippen LogP contribution in [0.25, 0.3) is 0 Å². The molecule has 0 aliphatic carbocycles. The van der Waals surface area contributed by atoms with Crippen molar-refractivity contribution in [2.45, 2.75) is 19.4 Å². The summed E-state index contributed by atoms with van der Waals surface area (Å²) in [5.41, 5.74) is 0.678. The molecule has 1 N–H and O–H groups in total. The fraction of sp³-hybridized carbons (Fsp3) is 0.500. The van der Waals surface area contributed by atoms with Crippen LogP contribution < -0.4 is 5.32 Å². The Balaban J connectivity index is 2.09. The molecule has 1 aliphatic rings. The molecule has 23 heavy (non-hydrogen) atoms. The van der Waals surface area contributed by atoms with Crippen LogP contribution in [0.4, 0.5) is 4.39 Å². The number of hydrogen-bond donors (Lipinski definition) is 1. The van der Waals surface area contributed by atoms with Gasteiger partial charge in [0.15, 0.2) is 0 Å². The van der Waals surface area contributed by atoms with E-state index in [1.165, 1.54) is 12.1 Å². The van der Waals surface area contributed by atoms with Crippen LogP contribution >= 0.6 is 11.6 Å². The average molecular weight is 343 g/mol. The second-order valence-electron chi connectivity index (χ2n) is 5.53. The van der Waals surface area contributed by atoms with Crippen LogP contribution in [-0.4, -0.2) is 43.5 Å². The molecule has 0 spiro atoms. The number of ether oxygens (including phenoxy) is 1. The third-order valence-corrected chi connectivity index (χ3v) is 4.22. The smallest absolute Gasteiger partial charge is 0.227 e. The van der Waals surface area contributed by atoms with Crippen molar-refractivity contribution in [1.29, 1.82) is 0 Å². The van der Waals surface area contributed by atoms with E-state index < -0.39 is 5.82 Å². The van der Waals surface area contributed by atoms with E-state index in [1.54, 1.807) is 18.1 Å². The number of piperidine rings is 1. The van der Waals surface area contributed by atoms with Crippen molar-refractivity contribution in [3.05, 3.63) is 34.6 Å². The van der Waals surface area contributed by atoms with Crippen molar-refractivity contribution in [2.75, 3.05) is 26.8 Å². The molecule has 7 heteroatoms. The zero-order valence-electron chi connectivity index (χ0n) is 13.0. The Kier molecular flexibility index (Phi) is 6.36. The topological polar surface area (TPSA) is 58.6 Å². The largest absolute Gasteiger partial charge is 0.383 e. The lowest BCUT2D eigenvalue weighted by atomic mass is 9.97. The van der Waals surface area contributed by atoms with Gasteiger partial charge in [0.1, 0.15) is 5.82 Å². The number of carbonyl (C=O) groups is 2. The molecular weight excluding hydrogens is 323 g/mol. The summed E-state index contributed by atoms with van der Waals surface area (Å²) in [4.78, 5) is 25.6. The summed E-state index contributed by atoms with van der Waals surface area (Å²) in [5.74, 6) is -0.742. The molecule has 0 radical (unpaired) electrons. The molecule has 1 heterocycles. The maximum absolute atomic E-state index is 13.1. The fourth-order valence-corrected chi connectivity index (χ4v) is 2.75. The van der Waals surface area contributed by atoms with Gasteiger partial charge >= 0.3 is 0 Å². The summed E-state index contributed by atoms with van der Waals surface area (Å²) in [6.45, 7) is 1.43. The average Bonchev–Trinajstić information content (AvgIpc) is 2.53. The molecule has 2 amide bonds. The van der Waals surface area contributed by atoms with E-state index in [2.05, 4.69) is 5.32 Å². The number of carbonyl (C=O) groups excluding carboxylic acids is 2. The quantitative estimate of drug-likeness (QED) is 0.860. The van der Waals surface area contributed by atoms with Crippen LogP contribution in [-0.2, 0) is 20.9 Å². The van der Waals surface area contributed by atoms with E-state index in [0.717, 1.165) is 0 Å². The molecule has 126 valence electrons. The summed E-state index contributed by atoms with van der Waals surface area (Å²) in [6.07, 6.45) is 0.886. The molecule has 1 atom stereocenters. The fourth-order valence-electron chi connectivity index (χ4n) is 2.53. The second kappa shape index (κ2) is 8.26. The van der Waals surface area contributed by atoms with Gasteiger partial charge in [-0.3, -0.25) is 9.59 Å². The molecule has 5 nitrogen and oxygen atoms in total. The lowest BCUT2D eigenvalue weighted by Gasteiger charge is -2.29. The third kappa shape index (κ3) is 4.91. The Morgan fingerprint density at radius 3 is 2.91 bits per heavy atom. The van der Waals surface area contributed by atoms with E-state index in [9.17, 15) is 14.0 Å². The minimum Gasteiger partial charge on any atom is -0.383 e. The highest BCUT2D eigenvalue weighted by Crippen LogP contribution is 2.21. The van der Waals surface area contributed by atoms with E-state index in [-0.39, 0.29) is 29.3 Å². The number of amides is 2. The van der Waals surface area contributed by atoms with Gasteiger partial charge in [0.2, 0.25) is 11.8 Å². The lowest BCUT2D eigenvalue weighted by Crippen LogP contribution is -2.45. The van der Waals surface area contributed by atoms with Gasteiger partial charge in [0, 0.05) is 38.2 Å². The first-order valence-electron chi connectivity index (χ1n) is 7.49. The van der Waals surface area contributed by atoms with Crippen molar-refractivity contribution in [2.24, 2.45) is 5.92 Å². The highest BCUT2D eigenvalue weighted by Gasteiger charge is 2.28. The number of halogens is 2. The van der Waals surface area contributed by atoms with Gasteiger partial charge in [0.25, 0.3) is 0 Å². The molecule has 1 aromatic carbocycles. The number of rotatable bonds is 6. The number of nitrogens with one attached hydrogen (secondary N) is 1. The number of benzene rings is 1. The first kappa shape index (κ1) is 17.7. The standard InChI is InChI=1S/C16H20ClFN2O3/c1-23-7-6-20(10-12-2-4-13(18)8-14(12)17)16(22)11-3-5-15(21)19-9-11/h2,4,8,11H,3,5-7,9-10H2,1H3,(H,19,21). The summed E-state index contributed by atoms with van der Waals surface area (Å²) in [5, 5.41) is 3.00. The van der Waals surface area contributed by atoms with Gasteiger partial charge in [-0.1, -0.05) is 17.7 Å². The van der Waals surface area contributed by atoms with Gasteiger partial charge < -0.3 is 15.0 Å². The molecule has 2 rings (SSSR count). The Morgan fingerprint density at radius 2 is 2.30 bits per heavy atom. The summed E-state index contributed by atoms with van der Waals surface area (Å²) >= 11 is 6.05. The Bertz CT molecular complexity index is 572. The molecule has 0 saturated carbocycles. The van der Waals surface area contributed by atoms with Crippen LogP contribution in [0.2, 0.25) is 5.02 Å². The molecule has 1 saturated heterocycles. The van der Waals surface area contributed by atoms with Crippen LogP contribution in [0.3, 0.4) is 0 Å². The number of methoxy groups -OCH3 is 1. The molecular formula is C16H20ClFN2O3. The summed E-state index contributed by atoms with van der Waals surface area (Å²) < 4.78 is 18.2.